The molecule has 2 heterocycles. The summed E-state index contributed by atoms with van der Waals surface area (Å²) in [5.74, 6) is 1.17. The molecule has 2 atom stereocenters. The Morgan fingerprint density at radius 3 is 2.88 bits per heavy atom. The molecule has 0 aromatic heterocycles. The van der Waals surface area contributed by atoms with Gasteiger partial charge in [0.2, 0.25) is 0 Å². The molecule has 0 radical (unpaired) electrons. The van der Waals surface area contributed by atoms with E-state index in [2.05, 4.69) is 16.8 Å². The fourth-order valence-corrected chi connectivity index (χ4v) is 3.25. The maximum Gasteiger partial charge on any atom is 0.131 e. The molecule has 3 nitrogen and oxygen atoms in total. The second-order valence-electron chi connectivity index (χ2n) is 5.49. The summed E-state index contributed by atoms with van der Waals surface area (Å²) in [6, 6.07) is 0.808. The third-order valence-electron chi connectivity index (χ3n) is 4.21. The van der Waals surface area contributed by atoms with E-state index in [0.717, 1.165) is 24.9 Å². The summed E-state index contributed by atoms with van der Waals surface area (Å²) in [5, 5.41) is 0. The molecule has 2 fully saturated rings. The van der Waals surface area contributed by atoms with Gasteiger partial charge in [-0.25, -0.2) is 0 Å². The van der Waals surface area contributed by atoms with E-state index in [4.69, 9.17) is 0 Å². The summed E-state index contributed by atoms with van der Waals surface area (Å²) >= 11 is 0. The molecule has 0 N–H and O–H groups in total. The van der Waals surface area contributed by atoms with Gasteiger partial charge in [0.1, 0.15) is 5.78 Å². The molecular weight excluding hydrogens is 200 g/mol. The minimum Gasteiger partial charge on any atom is -0.303 e. The number of hydrogen-bond acceptors (Lipinski definition) is 3. The summed E-state index contributed by atoms with van der Waals surface area (Å²) in [7, 11) is 2.27. The Balaban J connectivity index is 1.83. The third kappa shape index (κ3) is 2.83. The molecule has 92 valence electrons. The fraction of sp³-hybridized carbons (Fsp3) is 0.923. The molecule has 2 aliphatic rings. The van der Waals surface area contributed by atoms with Gasteiger partial charge < -0.3 is 9.80 Å². The molecule has 2 rings (SSSR count). The van der Waals surface area contributed by atoms with Crippen molar-refractivity contribution in [2.24, 2.45) is 5.92 Å². The highest BCUT2D eigenvalue weighted by Crippen LogP contribution is 2.29. The maximum atomic E-state index is 11.0. The predicted molar refractivity (Wildman–Crippen MR) is 65.5 cm³/mol. The van der Waals surface area contributed by atoms with E-state index >= 15 is 0 Å². The average molecular weight is 224 g/mol. The van der Waals surface area contributed by atoms with Gasteiger partial charge in [-0.3, -0.25) is 4.79 Å². The highest BCUT2D eigenvalue weighted by atomic mass is 16.1. The van der Waals surface area contributed by atoms with Gasteiger partial charge in [0.15, 0.2) is 0 Å². The Labute approximate surface area is 98.8 Å². The van der Waals surface area contributed by atoms with Crippen molar-refractivity contribution in [2.45, 2.75) is 38.6 Å². The Morgan fingerprint density at radius 2 is 2.12 bits per heavy atom. The van der Waals surface area contributed by atoms with Gasteiger partial charge >= 0.3 is 0 Å². The van der Waals surface area contributed by atoms with Crippen LogP contribution in [-0.4, -0.2) is 54.9 Å². The molecular formula is C13H24N2O. The van der Waals surface area contributed by atoms with Crippen molar-refractivity contribution in [3.63, 3.8) is 0 Å². The van der Waals surface area contributed by atoms with Crippen molar-refractivity contribution in [1.82, 2.24) is 9.80 Å². The number of ketones is 1. The van der Waals surface area contributed by atoms with Crippen molar-refractivity contribution in [1.29, 1.82) is 0 Å². The standard InChI is InChI=1S/C13H24N2O/c1-11(16)5-8-15-9-6-13-12(10-15)4-3-7-14(13)2/h12-13H,3-10H2,1-2H3. The number of fused-ring (bicyclic) bond motifs is 1. The van der Waals surface area contributed by atoms with Crippen LogP contribution in [0.1, 0.15) is 32.6 Å². The van der Waals surface area contributed by atoms with Crippen molar-refractivity contribution in [3.05, 3.63) is 0 Å². The van der Waals surface area contributed by atoms with Crippen LogP contribution in [0.5, 0.6) is 0 Å². The first-order valence-corrected chi connectivity index (χ1v) is 6.59. The highest BCUT2D eigenvalue weighted by Gasteiger charge is 2.33. The number of carbonyl (C=O) groups is 1. The number of rotatable bonds is 3. The predicted octanol–water partition coefficient (Wildman–Crippen LogP) is 1.38. The molecule has 0 amide bonds. The van der Waals surface area contributed by atoms with Gasteiger partial charge in [0.25, 0.3) is 0 Å². The molecule has 0 aliphatic carbocycles. The van der Waals surface area contributed by atoms with E-state index in [1.807, 2.05) is 0 Å². The third-order valence-corrected chi connectivity index (χ3v) is 4.21. The Kier molecular flexibility index (Phi) is 3.98. The van der Waals surface area contributed by atoms with E-state index in [1.54, 1.807) is 6.92 Å². The monoisotopic (exact) mass is 224 g/mol. The topological polar surface area (TPSA) is 23.6 Å². The normalized spacial score (nSPS) is 32.4. The summed E-state index contributed by atoms with van der Waals surface area (Å²) in [6.07, 6.45) is 4.75. The smallest absolute Gasteiger partial charge is 0.131 e. The number of piperidine rings is 2. The van der Waals surface area contributed by atoms with Gasteiger partial charge in [-0.2, -0.15) is 0 Å². The van der Waals surface area contributed by atoms with E-state index in [1.165, 1.54) is 38.9 Å². The van der Waals surface area contributed by atoms with Gasteiger partial charge in [-0.1, -0.05) is 0 Å². The van der Waals surface area contributed by atoms with Gasteiger partial charge in [-0.05, 0) is 52.2 Å². The Morgan fingerprint density at radius 1 is 1.31 bits per heavy atom. The van der Waals surface area contributed by atoms with Gasteiger partial charge in [0.05, 0.1) is 0 Å². The van der Waals surface area contributed by atoms with Crippen molar-refractivity contribution >= 4 is 5.78 Å². The van der Waals surface area contributed by atoms with Crippen molar-refractivity contribution in [3.8, 4) is 0 Å². The summed E-state index contributed by atoms with van der Waals surface area (Å²) < 4.78 is 0. The molecule has 0 aromatic carbocycles. The quantitative estimate of drug-likeness (QED) is 0.723. The van der Waals surface area contributed by atoms with Crippen LogP contribution in [0.4, 0.5) is 0 Å². The molecule has 2 unspecified atom stereocenters. The van der Waals surface area contributed by atoms with Crippen molar-refractivity contribution < 1.29 is 4.79 Å². The lowest BCUT2D eigenvalue weighted by Gasteiger charge is -2.46. The Bertz CT molecular complexity index is 254. The second kappa shape index (κ2) is 5.28. The lowest BCUT2D eigenvalue weighted by molar-refractivity contribution is -0.117. The van der Waals surface area contributed by atoms with Crippen LogP contribution in [0.2, 0.25) is 0 Å². The lowest BCUT2D eigenvalue weighted by atomic mass is 9.84. The minimum atomic E-state index is 0.322. The van der Waals surface area contributed by atoms with Crippen LogP contribution in [-0.2, 0) is 4.79 Å². The molecule has 0 aromatic rings. The largest absolute Gasteiger partial charge is 0.303 e. The zero-order valence-electron chi connectivity index (χ0n) is 10.6. The van der Waals surface area contributed by atoms with Crippen LogP contribution in [0.25, 0.3) is 0 Å². The van der Waals surface area contributed by atoms with Crippen LogP contribution < -0.4 is 0 Å². The molecule has 0 saturated carbocycles. The number of carbonyl (C=O) groups excluding carboxylic acids is 1. The second-order valence-corrected chi connectivity index (χ2v) is 5.49. The zero-order valence-corrected chi connectivity index (χ0v) is 10.6. The summed E-state index contributed by atoms with van der Waals surface area (Å²) in [5.41, 5.74) is 0. The first-order chi connectivity index (χ1) is 7.66. The number of likely N-dealkylation sites (tertiary alicyclic amines) is 2. The Hall–Kier alpha value is -0.410. The average Bonchev–Trinajstić information content (AvgIpc) is 2.26. The summed E-state index contributed by atoms with van der Waals surface area (Å²) in [6.45, 7) is 6.33. The van der Waals surface area contributed by atoms with Crippen LogP contribution in [0, 0.1) is 5.92 Å². The lowest BCUT2D eigenvalue weighted by Crippen LogP contribution is -2.52. The number of hydrogen-bond donors (Lipinski definition) is 0. The van der Waals surface area contributed by atoms with E-state index < -0.39 is 0 Å². The highest BCUT2D eigenvalue weighted by molar-refractivity contribution is 5.75. The molecule has 16 heavy (non-hydrogen) atoms. The fourth-order valence-electron chi connectivity index (χ4n) is 3.25. The first kappa shape index (κ1) is 12.1. The van der Waals surface area contributed by atoms with E-state index in [9.17, 15) is 4.79 Å². The summed E-state index contributed by atoms with van der Waals surface area (Å²) in [4.78, 5) is 16.0. The number of nitrogens with zero attached hydrogens (tertiary/aromatic N) is 2. The molecule has 0 bridgehead atoms. The van der Waals surface area contributed by atoms with E-state index in [-0.39, 0.29) is 0 Å². The molecule has 2 aliphatic heterocycles. The molecule has 0 spiro atoms. The van der Waals surface area contributed by atoms with Gasteiger partial charge in [0, 0.05) is 25.6 Å². The maximum absolute atomic E-state index is 11.0. The van der Waals surface area contributed by atoms with E-state index in [0.29, 0.717) is 5.78 Å². The van der Waals surface area contributed by atoms with Crippen LogP contribution in [0.3, 0.4) is 0 Å². The van der Waals surface area contributed by atoms with Crippen molar-refractivity contribution in [2.75, 3.05) is 33.2 Å². The van der Waals surface area contributed by atoms with Gasteiger partial charge in [-0.15, -0.1) is 0 Å². The molecule has 2 saturated heterocycles. The number of Topliss-reactive ketones (excluding diaryl/α,β-unsaturated/α-hetero) is 1. The molecule has 3 heteroatoms. The SMILES string of the molecule is CC(=O)CCN1CCC2C(CCCN2C)C1. The zero-order chi connectivity index (χ0) is 11.5. The van der Waals surface area contributed by atoms with Crippen LogP contribution >= 0.6 is 0 Å². The van der Waals surface area contributed by atoms with Crippen LogP contribution in [0.15, 0.2) is 0 Å². The first-order valence-electron chi connectivity index (χ1n) is 6.59. The minimum absolute atomic E-state index is 0.322.